The fraction of sp³-hybridized carbons (Fsp3) is 0.800. The molecule has 1 atom stereocenters. The standard InChI is InChI=1S/C10H17N3O/c1-6(2)8-12-9(13-14-8)10(3,11)7-4-5-7/h6-7H,4-5,11H2,1-3H3. The lowest BCUT2D eigenvalue weighted by molar-refractivity contribution is 0.334. The van der Waals surface area contributed by atoms with Gasteiger partial charge in [0.2, 0.25) is 5.89 Å². The molecule has 0 radical (unpaired) electrons. The molecule has 4 nitrogen and oxygen atoms in total. The first-order valence-corrected chi connectivity index (χ1v) is 5.14. The third kappa shape index (κ3) is 1.54. The van der Waals surface area contributed by atoms with Gasteiger partial charge in [0.15, 0.2) is 5.82 Å². The predicted octanol–water partition coefficient (Wildman–Crippen LogP) is 1.78. The first-order valence-electron chi connectivity index (χ1n) is 5.14. The molecule has 0 bridgehead atoms. The number of nitrogens with two attached hydrogens (primary N) is 1. The van der Waals surface area contributed by atoms with Crippen molar-refractivity contribution in [3.63, 3.8) is 0 Å². The summed E-state index contributed by atoms with van der Waals surface area (Å²) in [5.74, 6) is 2.13. The van der Waals surface area contributed by atoms with E-state index < -0.39 is 5.54 Å². The Morgan fingerprint density at radius 3 is 2.57 bits per heavy atom. The van der Waals surface area contributed by atoms with E-state index in [0.29, 0.717) is 17.6 Å². The molecule has 1 aromatic heterocycles. The maximum Gasteiger partial charge on any atom is 0.229 e. The Hall–Kier alpha value is -0.900. The van der Waals surface area contributed by atoms with Gasteiger partial charge in [-0.1, -0.05) is 19.0 Å². The lowest BCUT2D eigenvalue weighted by Gasteiger charge is -2.18. The minimum absolute atomic E-state index is 0.270. The van der Waals surface area contributed by atoms with Crippen molar-refractivity contribution in [2.75, 3.05) is 0 Å². The minimum Gasteiger partial charge on any atom is -0.339 e. The summed E-state index contributed by atoms with van der Waals surface area (Å²) in [4.78, 5) is 4.34. The molecule has 0 aromatic carbocycles. The van der Waals surface area contributed by atoms with Gasteiger partial charge in [0.05, 0.1) is 5.54 Å². The van der Waals surface area contributed by atoms with Crippen LogP contribution in [0.15, 0.2) is 4.52 Å². The predicted molar refractivity (Wildman–Crippen MR) is 52.7 cm³/mol. The number of hydrogen-bond donors (Lipinski definition) is 1. The zero-order valence-electron chi connectivity index (χ0n) is 8.95. The second kappa shape index (κ2) is 3.05. The summed E-state index contributed by atoms with van der Waals surface area (Å²) in [6, 6.07) is 0. The summed E-state index contributed by atoms with van der Waals surface area (Å²) in [6.45, 7) is 6.05. The van der Waals surface area contributed by atoms with Crippen LogP contribution in [0.4, 0.5) is 0 Å². The lowest BCUT2D eigenvalue weighted by atomic mass is 9.97. The molecule has 14 heavy (non-hydrogen) atoms. The first kappa shape index (κ1) is 9.65. The van der Waals surface area contributed by atoms with Crippen LogP contribution < -0.4 is 5.73 Å². The summed E-state index contributed by atoms with van der Waals surface area (Å²) in [6.07, 6.45) is 2.36. The number of rotatable bonds is 3. The second-order valence-electron chi connectivity index (χ2n) is 4.67. The van der Waals surface area contributed by atoms with Gasteiger partial charge in [-0.15, -0.1) is 0 Å². The third-order valence-electron chi connectivity index (χ3n) is 2.84. The van der Waals surface area contributed by atoms with E-state index in [9.17, 15) is 0 Å². The summed E-state index contributed by atoms with van der Waals surface area (Å²) in [5.41, 5.74) is 5.77. The Morgan fingerprint density at radius 2 is 2.14 bits per heavy atom. The van der Waals surface area contributed by atoms with E-state index in [-0.39, 0.29) is 5.92 Å². The van der Waals surface area contributed by atoms with Gasteiger partial charge in [0, 0.05) is 5.92 Å². The van der Waals surface area contributed by atoms with Crippen molar-refractivity contribution >= 4 is 0 Å². The van der Waals surface area contributed by atoms with E-state index in [1.165, 1.54) is 12.8 Å². The summed E-state index contributed by atoms with van der Waals surface area (Å²) < 4.78 is 5.15. The zero-order chi connectivity index (χ0) is 10.3. The molecule has 0 aliphatic heterocycles. The first-order chi connectivity index (χ1) is 6.51. The Kier molecular flexibility index (Phi) is 2.10. The zero-order valence-corrected chi connectivity index (χ0v) is 8.95. The molecule has 0 spiro atoms. The molecule has 1 fully saturated rings. The highest BCUT2D eigenvalue weighted by Crippen LogP contribution is 2.42. The monoisotopic (exact) mass is 195 g/mol. The van der Waals surface area contributed by atoms with Gasteiger partial charge < -0.3 is 10.3 Å². The lowest BCUT2D eigenvalue weighted by Crippen LogP contribution is -2.36. The molecular weight excluding hydrogens is 178 g/mol. The van der Waals surface area contributed by atoms with E-state index in [4.69, 9.17) is 10.3 Å². The Balaban J connectivity index is 2.23. The number of hydrogen-bond acceptors (Lipinski definition) is 4. The van der Waals surface area contributed by atoms with Crippen molar-refractivity contribution in [1.29, 1.82) is 0 Å². The molecule has 1 aliphatic rings. The van der Waals surface area contributed by atoms with Crippen LogP contribution in [0, 0.1) is 5.92 Å². The van der Waals surface area contributed by atoms with Crippen LogP contribution in [-0.4, -0.2) is 10.1 Å². The summed E-state index contributed by atoms with van der Waals surface area (Å²) in [5, 5.41) is 3.96. The quantitative estimate of drug-likeness (QED) is 0.798. The summed E-state index contributed by atoms with van der Waals surface area (Å²) >= 11 is 0. The third-order valence-corrected chi connectivity index (χ3v) is 2.84. The van der Waals surface area contributed by atoms with Crippen molar-refractivity contribution in [3.05, 3.63) is 11.7 Å². The van der Waals surface area contributed by atoms with E-state index >= 15 is 0 Å². The highest BCUT2D eigenvalue weighted by atomic mass is 16.5. The van der Waals surface area contributed by atoms with Gasteiger partial charge in [-0.2, -0.15) is 4.98 Å². The van der Waals surface area contributed by atoms with Gasteiger partial charge in [-0.05, 0) is 25.7 Å². The average molecular weight is 195 g/mol. The maximum absolute atomic E-state index is 6.17. The molecule has 2 N–H and O–H groups in total. The van der Waals surface area contributed by atoms with Crippen LogP contribution in [0.25, 0.3) is 0 Å². The van der Waals surface area contributed by atoms with Crippen molar-refractivity contribution in [3.8, 4) is 0 Å². The van der Waals surface area contributed by atoms with Crippen LogP contribution in [-0.2, 0) is 5.54 Å². The number of aromatic nitrogens is 2. The van der Waals surface area contributed by atoms with Gasteiger partial charge in [-0.3, -0.25) is 0 Å². The molecule has 0 saturated heterocycles. The summed E-state index contributed by atoms with van der Waals surface area (Å²) in [7, 11) is 0. The molecule has 1 aliphatic carbocycles. The van der Waals surface area contributed by atoms with Crippen molar-refractivity contribution in [2.24, 2.45) is 11.7 Å². The fourth-order valence-electron chi connectivity index (χ4n) is 1.55. The van der Waals surface area contributed by atoms with Crippen LogP contribution in [0.2, 0.25) is 0 Å². The van der Waals surface area contributed by atoms with Crippen LogP contribution >= 0.6 is 0 Å². The Morgan fingerprint density at radius 1 is 1.50 bits per heavy atom. The van der Waals surface area contributed by atoms with Gasteiger partial charge in [-0.25, -0.2) is 0 Å². The van der Waals surface area contributed by atoms with E-state index in [1.54, 1.807) is 0 Å². The van der Waals surface area contributed by atoms with Crippen molar-refractivity contribution < 1.29 is 4.52 Å². The van der Waals surface area contributed by atoms with Gasteiger partial charge in [0.25, 0.3) is 0 Å². The maximum atomic E-state index is 6.17. The normalized spacial score (nSPS) is 21.2. The molecule has 1 unspecified atom stereocenters. The molecule has 1 heterocycles. The Labute approximate surface area is 83.9 Å². The van der Waals surface area contributed by atoms with Crippen LogP contribution in [0.1, 0.15) is 51.2 Å². The molecule has 1 aromatic rings. The minimum atomic E-state index is -0.406. The van der Waals surface area contributed by atoms with Crippen molar-refractivity contribution in [1.82, 2.24) is 10.1 Å². The largest absolute Gasteiger partial charge is 0.339 e. The molecule has 4 heteroatoms. The second-order valence-corrected chi connectivity index (χ2v) is 4.67. The van der Waals surface area contributed by atoms with Crippen LogP contribution in [0.5, 0.6) is 0 Å². The van der Waals surface area contributed by atoms with E-state index in [2.05, 4.69) is 10.1 Å². The topological polar surface area (TPSA) is 64.9 Å². The highest BCUT2D eigenvalue weighted by molar-refractivity contribution is 5.09. The molecular formula is C10H17N3O. The van der Waals surface area contributed by atoms with Gasteiger partial charge in [0.1, 0.15) is 0 Å². The SMILES string of the molecule is CC(C)c1nc(C(C)(N)C2CC2)no1. The van der Waals surface area contributed by atoms with Gasteiger partial charge >= 0.3 is 0 Å². The highest BCUT2D eigenvalue weighted by Gasteiger charge is 2.43. The molecule has 78 valence electrons. The fourth-order valence-corrected chi connectivity index (χ4v) is 1.55. The smallest absolute Gasteiger partial charge is 0.229 e. The molecule has 0 amide bonds. The van der Waals surface area contributed by atoms with Crippen LogP contribution in [0.3, 0.4) is 0 Å². The molecule has 2 rings (SSSR count). The molecule has 1 saturated carbocycles. The number of nitrogens with zero attached hydrogens (tertiary/aromatic N) is 2. The van der Waals surface area contributed by atoms with E-state index in [0.717, 1.165) is 0 Å². The van der Waals surface area contributed by atoms with E-state index in [1.807, 2.05) is 20.8 Å². The van der Waals surface area contributed by atoms with Crippen molar-refractivity contribution in [2.45, 2.75) is 45.1 Å². The average Bonchev–Trinajstić information content (AvgIpc) is 2.82. The Bertz CT molecular complexity index is 326.